The Morgan fingerprint density at radius 1 is 1.11 bits per heavy atom. The molecule has 0 amide bonds. The van der Waals surface area contributed by atoms with E-state index >= 15 is 0 Å². The summed E-state index contributed by atoms with van der Waals surface area (Å²) in [4.78, 5) is 2.69. The second-order valence-corrected chi connectivity index (χ2v) is 7.50. The van der Waals surface area contributed by atoms with E-state index in [1.54, 1.807) is 0 Å². The van der Waals surface area contributed by atoms with Crippen LogP contribution in [0.3, 0.4) is 0 Å². The fourth-order valence-electron chi connectivity index (χ4n) is 3.64. The van der Waals surface area contributed by atoms with Gasteiger partial charge in [-0.05, 0) is 57.0 Å². The van der Waals surface area contributed by atoms with Crippen molar-refractivity contribution in [1.29, 1.82) is 0 Å². The van der Waals surface area contributed by atoms with Gasteiger partial charge in [-0.1, -0.05) is 27.7 Å². The number of rotatable bonds is 4. The highest BCUT2D eigenvalue weighted by molar-refractivity contribution is 4.97. The van der Waals surface area contributed by atoms with E-state index in [2.05, 4.69) is 45.0 Å². The summed E-state index contributed by atoms with van der Waals surface area (Å²) in [6.45, 7) is 10.6. The maximum Gasteiger partial charge on any atom is 0.0252 e. The molecule has 2 rings (SSSR count). The smallest absolute Gasteiger partial charge is 0.0252 e. The van der Waals surface area contributed by atoms with Gasteiger partial charge in [0.2, 0.25) is 0 Å². The van der Waals surface area contributed by atoms with Crippen LogP contribution in [-0.2, 0) is 0 Å². The summed E-state index contributed by atoms with van der Waals surface area (Å²) in [5.74, 6) is 0.888. The minimum absolute atomic E-state index is 0.472. The van der Waals surface area contributed by atoms with Crippen LogP contribution in [0.15, 0.2) is 0 Å². The Balaban J connectivity index is 2.02. The average molecular weight is 252 g/mol. The van der Waals surface area contributed by atoms with Crippen LogP contribution >= 0.6 is 0 Å². The first-order valence-corrected chi connectivity index (χ1v) is 7.88. The van der Waals surface area contributed by atoms with Gasteiger partial charge >= 0.3 is 0 Å². The molecule has 0 bridgehead atoms. The van der Waals surface area contributed by atoms with Crippen molar-refractivity contribution < 1.29 is 0 Å². The molecule has 2 nitrogen and oxygen atoms in total. The third-order valence-corrected chi connectivity index (χ3v) is 5.15. The zero-order valence-electron chi connectivity index (χ0n) is 13.0. The molecular weight excluding hydrogens is 220 g/mol. The molecule has 3 unspecified atom stereocenters. The van der Waals surface area contributed by atoms with Crippen LogP contribution in [0.2, 0.25) is 0 Å². The molecule has 0 aromatic heterocycles. The van der Waals surface area contributed by atoms with Gasteiger partial charge in [0.05, 0.1) is 0 Å². The number of hydrogen-bond donors (Lipinski definition) is 1. The molecule has 3 atom stereocenters. The summed E-state index contributed by atoms with van der Waals surface area (Å²) in [6, 6.07) is 2.37. The van der Waals surface area contributed by atoms with Crippen molar-refractivity contribution in [2.45, 2.75) is 77.9 Å². The Morgan fingerprint density at radius 3 is 2.28 bits per heavy atom. The van der Waals surface area contributed by atoms with Crippen molar-refractivity contribution in [2.24, 2.45) is 11.3 Å². The highest BCUT2D eigenvalue weighted by Gasteiger charge is 2.41. The molecule has 0 saturated heterocycles. The lowest BCUT2D eigenvalue weighted by Crippen LogP contribution is -2.53. The molecule has 106 valence electrons. The van der Waals surface area contributed by atoms with Crippen LogP contribution < -0.4 is 5.32 Å². The van der Waals surface area contributed by atoms with Crippen LogP contribution in [0, 0.1) is 11.3 Å². The lowest BCUT2D eigenvalue weighted by Gasteiger charge is -2.45. The Bertz CT molecular complexity index is 265. The van der Waals surface area contributed by atoms with E-state index < -0.39 is 0 Å². The molecule has 1 N–H and O–H groups in total. The molecular formula is C16H32N2. The summed E-state index contributed by atoms with van der Waals surface area (Å²) in [5.41, 5.74) is 0.472. The van der Waals surface area contributed by atoms with E-state index in [-0.39, 0.29) is 0 Å². The second kappa shape index (κ2) is 5.50. The highest BCUT2D eigenvalue weighted by Crippen LogP contribution is 2.41. The lowest BCUT2D eigenvalue weighted by molar-refractivity contribution is 0.0689. The molecule has 0 radical (unpaired) electrons. The zero-order valence-corrected chi connectivity index (χ0v) is 13.0. The maximum absolute atomic E-state index is 3.73. The summed E-state index contributed by atoms with van der Waals surface area (Å²) in [5, 5.41) is 3.73. The van der Waals surface area contributed by atoms with Gasteiger partial charge in [0.15, 0.2) is 0 Å². The lowest BCUT2D eigenvalue weighted by atomic mass is 9.69. The Hall–Kier alpha value is -0.0800. The summed E-state index contributed by atoms with van der Waals surface area (Å²) >= 11 is 0. The predicted molar refractivity (Wildman–Crippen MR) is 78.8 cm³/mol. The topological polar surface area (TPSA) is 15.3 Å². The van der Waals surface area contributed by atoms with Crippen molar-refractivity contribution in [3.63, 3.8) is 0 Å². The molecule has 2 fully saturated rings. The fourth-order valence-corrected chi connectivity index (χ4v) is 3.64. The van der Waals surface area contributed by atoms with Gasteiger partial charge in [-0.15, -0.1) is 0 Å². The monoisotopic (exact) mass is 252 g/mol. The SMILES string of the molecule is CCNC1CCC(C(C)(C)C)CC1N(C)C1CC1. The second-order valence-electron chi connectivity index (χ2n) is 7.50. The molecule has 2 heteroatoms. The van der Waals surface area contributed by atoms with Gasteiger partial charge in [0.1, 0.15) is 0 Å². The van der Waals surface area contributed by atoms with Gasteiger partial charge in [0, 0.05) is 18.1 Å². The molecule has 0 aliphatic heterocycles. The molecule has 0 heterocycles. The van der Waals surface area contributed by atoms with Gasteiger partial charge in [-0.3, -0.25) is 4.90 Å². The van der Waals surface area contributed by atoms with Crippen molar-refractivity contribution in [2.75, 3.05) is 13.6 Å². The van der Waals surface area contributed by atoms with Crippen LogP contribution in [0.5, 0.6) is 0 Å². The van der Waals surface area contributed by atoms with Crippen LogP contribution in [0.25, 0.3) is 0 Å². The van der Waals surface area contributed by atoms with Gasteiger partial charge in [-0.2, -0.15) is 0 Å². The predicted octanol–water partition coefficient (Wildman–Crippen LogP) is 3.27. The standard InChI is InChI=1S/C16H32N2/c1-6-17-14-10-7-12(16(2,3)4)11-15(14)18(5)13-8-9-13/h12-15,17H,6-11H2,1-5H3. The minimum Gasteiger partial charge on any atom is -0.313 e. The van der Waals surface area contributed by atoms with Gasteiger partial charge < -0.3 is 5.32 Å². The number of nitrogens with one attached hydrogen (secondary N) is 1. The Morgan fingerprint density at radius 2 is 1.78 bits per heavy atom. The Labute approximate surface area is 114 Å². The van der Waals surface area contributed by atoms with Crippen molar-refractivity contribution in [1.82, 2.24) is 10.2 Å². The molecule has 18 heavy (non-hydrogen) atoms. The molecule has 2 aliphatic rings. The molecule has 0 aromatic carbocycles. The number of hydrogen-bond acceptors (Lipinski definition) is 2. The van der Waals surface area contributed by atoms with Crippen LogP contribution in [0.1, 0.15) is 59.8 Å². The molecule has 2 saturated carbocycles. The number of nitrogens with zero attached hydrogens (tertiary/aromatic N) is 1. The first-order chi connectivity index (χ1) is 8.43. The average Bonchev–Trinajstić information content (AvgIpc) is 3.11. The first kappa shape index (κ1) is 14.3. The molecule has 2 aliphatic carbocycles. The third-order valence-electron chi connectivity index (χ3n) is 5.15. The first-order valence-electron chi connectivity index (χ1n) is 7.88. The highest BCUT2D eigenvalue weighted by atomic mass is 15.2. The van der Waals surface area contributed by atoms with E-state index in [1.165, 1.54) is 32.1 Å². The van der Waals surface area contributed by atoms with E-state index in [9.17, 15) is 0 Å². The maximum atomic E-state index is 3.73. The normalized spacial score (nSPS) is 34.0. The summed E-state index contributed by atoms with van der Waals surface area (Å²) in [6.07, 6.45) is 6.99. The van der Waals surface area contributed by atoms with Crippen molar-refractivity contribution in [3.8, 4) is 0 Å². The van der Waals surface area contributed by atoms with Gasteiger partial charge in [-0.25, -0.2) is 0 Å². The van der Waals surface area contributed by atoms with Crippen LogP contribution in [0.4, 0.5) is 0 Å². The minimum atomic E-state index is 0.472. The van der Waals surface area contributed by atoms with E-state index in [1.807, 2.05) is 0 Å². The van der Waals surface area contributed by atoms with E-state index in [4.69, 9.17) is 0 Å². The molecule has 0 aromatic rings. The largest absolute Gasteiger partial charge is 0.313 e. The van der Waals surface area contributed by atoms with Crippen LogP contribution in [-0.4, -0.2) is 36.6 Å². The van der Waals surface area contributed by atoms with Crippen molar-refractivity contribution in [3.05, 3.63) is 0 Å². The Kier molecular flexibility index (Phi) is 4.38. The summed E-state index contributed by atoms with van der Waals surface area (Å²) in [7, 11) is 2.36. The zero-order chi connectivity index (χ0) is 13.3. The number of likely N-dealkylation sites (N-methyl/N-ethyl adjacent to an activating group) is 2. The summed E-state index contributed by atoms with van der Waals surface area (Å²) < 4.78 is 0. The quantitative estimate of drug-likeness (QED) is 0.826. The third kappa shape index (κ3) is 3.27. The molecule has 0 spiro atoms. The van der Waals surface area contributed by atoms with Crippen molar-refractivity contribution >= 4 is 0 Å². The van der Waals surface area contributed by atoms with E-state index in [0.717, 1.165) is 30.6 Å². The fraction of sp³-hybridized carbons (Fsp3) is 1.00. The van der Waals surface area contributed by atoms with E-state index in [0.29, 0.717) is 5.41 Å². The van der Waals surface area contributed by atoms with Gasteiger partial charge in [0.25, 0.3) is 0 Å².